The fraction of sp³-hybridized carbons (Fsp3) is 0.385. The largest absolute Gasteiger partial charge is 0.496 e. The summed E-state index contributed by atoms with van der Waals surface area (Å²) in [6.45, 7) is 0. The molecule has 0 heterocycles. The number of Topliss-reactive ketones (excluding diaryl/α,β-unsaturated/α-hetero) is 1. The van der Waals surface area contributed by atoms with Crippen molar-refractivity contribution >= 4 is 11.8 Å². The molecular formula is C13H15FO4. The summed E-state index contributed by atoms with van der Waals surface area (Å²) in [7, 11) is 2.71. The van der Waals surface area contributed by atoms with Gasteiger partial charge < -0.3 is 9.47 Å². The highest BCUT2D eigenvalue weighted by molar-refractivity contribution is 5.98. The summed E-state index contributed by atoms with van der Waals surface area (Å²) >= 11 is 0. The van der Waals surface area contributed by atoms with Gasteiger partial charge in [0.2, 0.25) is 0 Å². The van der Waals surface area contributed by atoms with Gasteiger partial charge in [0.25, 0.3) is 0 Å². The van der Waals surface area contributed by atoms with Crippen LogP contribution in [-0.2, 0) is 9.53 Å². The topological polar surface area (TPSA) is 52.6 Å². The minimum atomic E-state index is -0.493. The van der Waals surface area contributed by atoms with Crippen LogP contribution in [0.2, 0.25) is 0 Å². The van der Waals surface area contributed by atoms with E-state index < -0.39 is 5.82 Å². The Morgan fingerprint density at radius 1 is 1.22 bits per heavy atom. The molecule has 0 fully saturated rings. The van der Waals surface area contributed by atoms with Gasteiger partial charge in [-0.15, -0.1) is 0 Å². The van der Waals surface area contributed by atoms with E-state index in [1.165, 1.54) is 26.4 Å². The maximum Gasteiger partial charge on any atom is 0.305 e. The lowest BCUT2D eigenvalue weighted by atomic mass is 10.0. The SMILES string of the molecule is COC(=O)CCCC(=O)c1cc(F)ccc1OC. The molecule has 4 nitrogen and oxygen atoms in total. The molecule has 1 rings (SSSR count). The van der Waals surface area contributed by atoms with E-state index >= 15 is 0 Å². The third-order valence-electron chi connectivity index (χ3n) is 2.47. The van der Waals surface area contributed by atoms with Crippen molar-refractivity contribution in [1.29, 1.82) is 0 Å². The Bertz CT molecular complexity index is 443. The van der Waals surface area contributed by atoms with Gasteiger partial charge in [-0.2, -0.15) is 0 Å². The Hall–Kier alpha value is -1.91. The molecule has 0 radical (unpaired) electrons. The molecular weight excluding hydrogens is 239 g/mol. The highest BCUT2D eigenvalue weighted by Crippen LogP contribution is 2.21. The van der Waals surface area contributed by atoms with Gasteiger partial charge >= 0.3 is 5.97 Å². The highest BCUT2D eigenvalue weighted by Gasteiger charge is 2.13. The molecule has 98 valence electrons. The van der Waals surface area contributed by atoms with E-state index in [-0.39, 0.29) is 30.2 Å². The Morgan fingerprint density at radius 2 is 1.94 bits per heavy atom. The summed E-state index contributed by atoms with van der Waals surface area (Å²) in [5.74, 6) is -0.782. The molecule has 0 atom stereocenters. The molecule has 0 aliphatic carbocycles. The second kappa shape index (κ2) is 6.74. The van der Waals surface area contributed by atoms with Gasteiger partial charge in [-0.05, 0) is 24.6 Å². The van der Waals surface area contributed by atoms with Gasteiger partial charge in [-0.3, -0.25) is 9.59 Å². The normalized spacial score (nSPS) is 9.94. The second-order valence-corrected chi connectivity index (χ2v) is 3.70. The van der Waals surface area contributed by atoms with Crippen molar-refractivity contribution in [2.45, 2.75) is 19.3 Å². The molecule has 0 aliphatic rings. The lowest BCUT2D eigenvalue weighted by Gasteiger charge is -2.07. The quantitative estimate of drug-likeness (QED) is 0.577. The van der Waals surface area contributed by atoms with E-state index in [0.717, 1.165) is 6.07 Å². The number of carbonyl (C=O) groups is 2. The molecule has 0 N–H and O–H groups in total. The summed E-state index contributed by atoms with van der Waals surface area (Å²) in [5, 5.41) is 0. The van der Waals surface area contributed by atoms with Gasteiger partial charge in [-0.1, -0.05) is 0 Å². The third-order valence-corrected chi connectivity index (χ3v) is 2.47. The maximum absolute atomic E-state index is 13.1. The number of methoxy groups -OCH3 is 2. The summed E-state index contributed by atoms with van der Waals surface area (Å²) in [6, 6.07) is 3.77. The molecule has 1 aromatic rings. The van der Waals surface area contributed by atoms with Gasteiger partial charge in [0, 0.05) is 12.8 Å². The maximum atomic E-state index is 13.1. The number of hydrogen-bond acceptors (Lipinski definition) is 4. The zero-order valence-electron chi connectivity index (χ0n) is 10.4. The highest BCUT2D eigenvalue weighted by atomic mass is 19.1. The average Bonchev–Trinajstić information content (AvgIpc) is 2.38. The molecule has 0 aromatic heterocycles. The van der Waals surface area contributed by atoms with Crippen molar-refractivity contribution in [2.24, 2.45) is 0 Å². The van der Waals surface area contributed by atoms with Gasteiger partial charge in [0.1, 0.15) is 11.6 Å². The standard InChI is InChI=1S/C13H15FO4/c1-17-12-7-6-9(14)8-10(12)11(15)4-3-5-13(16)18-2/h6-8H,3-5H2,1-2H3. The monoisotopic (exact) mass is 254 g/mol. The van der Waals surface area contributed by atoms with Crippen LogP contribution >= 0.6 is 0 Å². The Kier molecular flexibility index (Phi) is 5.30. The van der Waals surface area contributed by atoms with Crippen LogP contribution in [0.25, 0.3) is 0 Å². The van der Waals surface area contributed by atoms with E-state index in [9.17, 15) is 14.0 Å². The van der Waals surface area contributed by atoms with Crippen molar-refractivity contribution in [3.05, 3.63) is 29.6 Å². The van der Waals surface area contributed by atoms with Gasteiger partial charge in [0.05, 0.1) is 19.8 Å². The number of esters is 1. The molecule has 0 amide bonds. The van der Waals surface area contributed by atoms with Gasteiger partial charge in [-0.25, -0.2) is 4.39 Å². The van der Waals surface area contributed by atoms with Gasteiger partial charge in [0.15, 0.2) is 5.78 Å². The van der Waals surface area contributed by atoms with Crippen molar-refractivity contribution in [3.63, 3.8) is 0 Å². The Morgan fingerprint density at radius 3 is 2.56 bits per heavy atom. The molecule has 0 bridgehead atoms. The number of ketones is 1. The van der Waals surface area contributed by atoms with Crippen molar-refractivity contribution in [3.8, 4) is 5.75 Å². The molecule has 0 saturated heterocycles. The number of ether oxygens (including phenoxy) is 2. The van der Waals surface area contributed by atoms with Crippen LogP contribution in [0.1, 0.15) is 29.6 Å². The molecule has 0 aliphatic heterocycles. The molecule has 0 unspecified atom stereocenters. The van der Waals surface area contributed by atoms with E-state index in [1.54, 1.807) is 0 Å². The lowest BCUT2D eigenvalue weighted by molar-refractivity contribution is -0.140. The van der Waals surface area contributed by atoms with E-state index in [2.05, 4.69) is 4.74 Å². The lowest BCUT2D eigenvalue weighted by Crippen LogP contribution is -2.05. The first kappa shape index (κ1) is 14.2. The smallest absolute Gasteiger partial charge is 0.305 e. The molecule has 18 heavy (non-hydrogen) atoms. The zero-order valence-corrected chi connectivity index (χ0v) is 10.4. The van der Waals surface area contributed by atoms with Crippen LogP contribution in [0.3, 0.4) is 0 Å². The molecule has 0 spiro atoms. The fourth-order valence-corrected chi connectivity index (χ4v) is 1.53. The minimum Gasteiger partial charge on any atom is -0.496 e. The number of halogens is 1. The molecule has 0 saturated carbocycles. The second-order valence-electron chi connectivity index (χ2n) is 3.70. The fourth-order valence-electron chi connectivity index (χ4n) is 1.53. The first-order valence-corrected chi connectivity index (χ1v) is 5.52. The number of carbonyl (C=O) groups excluding carboxylic acids is 2. The van der Waals surface area contributed by atoms with Crippen molar-refractivity contribution in [2.75, 3.05) is 14.2 Å². The predicted octanol–water partition coefficient (Wildman–Crippen LogP) is 2.36. The van der Waals surface area contributed by atoms with E-state index in [1.807, 2.05) is 0 Å². The van der Waals surface area contributed by atoms with E-state index in [4.69, 9.17) is 4.74 Å². The van der Waals surface area contributed by atoms with Crippen LogP contribution in [0, 0.1) is 5.82 Å². The Balaban J connectivity index is 2.66. The summed E-state index contributed by atoms with van der Waals surface area (Å²) in [4.78, 5) is 22.7. The van der Waals surface area contributed by atoms with Crippen molar-refractivity contribution < 1.29 is 23.5 Å². The van der Waals surface area contributed by atoms with Crippen LogP contribution in [0.5, 0.6) is 5.75 Å². The van der Waals surface area contributed by atoms with Crippen LogP contribution < -0.4 is 4.74 Å². The van der Waals surface area contributed by atoms with Crippen LogP contribution in [0.4, 0.5) is 4.39 Å². The summed E-state index contributed by atoms with van der Waals surface area (Å²) in [5.41, 5.74) is 0.197. The third kappa shape index (κ3) is 3.84. The number of hydrogen-bond donors (Lipinski definition) is 0. The summed E-state index contributed by atoms with van der Waals surface area (Å²) < 4.78 is 22.5. The van der Waals surface area contributed by atoms with Crippen molar-refractivity contribution in [1.82, 2.24) is 0 Å². The predicted molar refractivity (Wildman–Crippen MR) is 63.1 cm³/mol. The van der Waals surface area contributed by atoms with Crippen LogP contribution in [0.15, 0.2) is 18.2 Å². The number of benzene rings is 1. The average molecular weight is 254 g/mol. The first-order chi connectivity index (χ1) is 8.58. The molecule has 5 heteroatoms. The zero-order chi connectivity index (χ0) is 13.5. The molecule has 1 aromatic carbocycles. The summed E-state index contributed by atoms with van der Waals surface area (Å²) in [6.07, 6.45) is 0.681. The van der Waals surface area contributed by atoms with Crippen LogP contribution in [-0.4, -0.2) is 26.0 Å². The number of rotatable bonds is 6. The first-order valence-electron chi connectivity index (χ1n) is 5.52. The Labute approximate surface area is 105 Å². The minimum absolute atomic E-state index is 0.148. The van der Waals surface area contributed by atoms with E-state index in [0.29, 0.717) is 12.2 Å².